The molecular weight excluding hydrogens is 311 g/mol. The van der Waals surface area contributed by atoms with E-state index in [9.17, 15) is 14.0 Å². The van der Waals surface area contributed by atoms with E-state index in [1.165, 1.54) is 12.1 Å². The summed E-state index contributed by atoms with van der Waals surface area (Å²) in [5.41, 5.74) is 2.91. The maximum Gasteiger partial charge on any atom is 0.355 e. The van der Waals surface area contributed by atoms with E-state index in [1.54, 1.807) is 44.5 Å². The quantitative estimate of drug-likeness (QED) is 0.857. The lowest BCUT2D eigenvalue weighted by Crippen LogP contribution is -2.24. The number of rotatable bonds is 5. The monoisotopic (exact) mass is 332 g/mol. The molecule has 1 aromatic heterocycles. The van der Waals surface area contributed by atoms with Crippen LogP contribution in [0.25, 0.3) is 0 Å². The molecule has 2 rings (SSSR count). The first kappa shape index (κ1) is 17.7. The Labute approximate surface area is 140 Å². The van der Waals surface area contributed by atoms with Crippen molar-refractivity contribution in [3.05, 3.63) is 58.2 Å². The van der Waals surface area contributed by atoms with Gasteiger partial charge in [-0.25, -0.2) is 9.18 Å². The zero-order valence-corrected chi connectivity index (χ0v) is 14.3. The number of halogens is 1. The van der Waals surface area contributed by atoms with E-state index in [1.807, 2.05) is 0 Å². The molecule has 1 amide bonds. The van der Waals surface area contributed by atoms with Gasteiger partial charge >= 0.3 is 5.97 Å². The number of hydrogen-bond donors (Lipinski definition) is 1. The van der Waals surface area contributed by atoms with E-state index < -0.39 is 5.97 Å². The number of aromatic nitrogens is 1. The summed E-state index contributed by atoms with van der Waals surface area (Å²) in [6.07, 6.45) is 0. The Morgan fingerprint density at radius 2 is 1.83 bits per heavy atom. The minimum atomic E-state index is -0.446. The van der Waals surface area contributed by atoms with Crippen molar-refractivity contribution >= 4 is 11.9 Å². The molecule has 128 valence electrons. The van der Waals surface area contributed by atoms with Crippen LogP contribution < -0.4 is 5.32 Å². The van der Waals surface area contributed by atoms with E-state index in [-0.39, 0.29) is 24.9 Å². The predicted octanol–water partition coefficient (Wildman–Crippen LogP) is 2.89. The summed E-state index contributed by atoms with van der Waals surface area (Å²) in [5, 5.41) is 2.80. The highest BCUT2D eigenvalue weighted by Crippen LogP contribution is 2.22. The molecule has 1 N–H and O–H groups in total. The molecule has 1 aromatic carbocycles. The molecule has 0 unspecified atom stereocenters. The van der Waals surface area contributed by atoms with Gasteiger partial charge in [0, 0.05) is 19.3 Å². The zero-order chi connectivity index (χ0) is 17.9. The minimum absolute atomic E-state index is 0.272. The van der Waals surface area contributed by atoms with E-state index in [4.69, 9.17) is 4.74 Å². The maximum atomic E-state index is 12.9. The number of carbonyl (C=O) groups is 2. The Morgan fingerprint density at radius 1 is 1.21 bits per heavy atom. The zero-order valence-electron chi connectivity index (χ0n) is 14.3. The highest BCUT2D eigenvalue weighted by Gasteiger charge is 2.25. The fraction of sp³-hybridized carbons (Fsp3) is 0.333. The van der Waals surface area contributed by atoms with Gasteiger partial charge in [-0.3, -0.25) is 4.79 Å². The molecule has 0 spiro atoms. The van der Waals surface area contributed by atoms with Crippen molar-refractivity contribution in [2.45, 2.75) is 27.3 Å². The van der Waals surface area contributed by atoms with Crippen LogP contribution in [0.15, 0.2) is 24.3 Å². The number of nitrogens with one attached hydrogen (secondary N) is 1. The van der Waals surface area contributed by atoms with E-state index in [2.05, 4.69) is 5.32 Å². The van der Waals surface area contributed by atoms with Crippen LogP contribution >= 0.6 is 0 Å². The van der Waals surface area contributed by atoms with Crippen LogP contribution in [0, 0.1) is 19.7 Å². The van der Waals surface area contributed by atoms with Gasteiger partial charge in [-0.1, -0.05) is 12.1 Å². The van der Waals surface area contributed by atoms with Crippen molar-refractivity contribution in [1.29, 1.82) is 0 Å². The van der Waals surface area contributed by atoms with Gasteiger partial charge in [-0.05, 0) is 44.0 Å². The van der Waals surface area contributed by atoms with Crippen molar-refractivity contribution in [2.24, 2.45) is 7.05 Å². The lowest BCUT2D eigenvalue weighted by molar-refractivity contribution is 0.0514. The highest BCUT2D eigenvalue weighted by atomic mass is 19.1. The van der Waals surface area contributed by atoms with Crippen LogP contribution in [0.5, 0.6) is 0 Å². The third-order valence-electron chi connectivity index (χ3n) is 3.99. The summed E-state index contributed by atoms with van der Waals surface area (Å²) < 4.78 is 19.6. The molecule has 0 saturated heterocycles. The number of hydrogen-bond acceptors (Lipinski definition) is 3. The summed E-state index contributed by atoms with van der Waals surface area (Å²) in [6.45, 7) is 5.80. The maximum absolute atomic E-state index is 12.9. The standard InChI is InChI=1S/C18H21FN2O3/c1-5-24-18(23)16-11(2)15(12(3)21(16)4)17(22)20-10-13-6-8-14(19)9-7-13/h6-9H,5,10H2,1-4H3,(H,20,22). The first-order chi connectivity index (χ1) is 11.4. The van der Waals surface area contributed by atoms with Crippen LogP contribution in [-0.4, -0.2) is 23.1 Å². The first-order valence-electron chi connectivity index (χ1n) is 7.72. The van der Waals surface area contributed by atoms with Crippen molar-refractivity contribution in [3.63, 3.8) is 0 Å². The lowest BCUT2D eigenvalue weighted by atomic mass is 10.1. The molecule has 0 fully saturated rings. The third-order valence-corrected chi connectivity index (χ3v) is 3.99. The van der Waals surface area contributed by atoms with Crippen molar-refractivity contribution in [2.75, 3.05) is 6.61 Å². The molecule has 0 atom stereocenters. The molecule has 0 aliphatic carbocycles. The first-order valence-corrected chi connectivity index (χ1v) is 7.72. The molecular formula is C18H21FN2O3. The van der Waals surface area contributed by atoms with Gasteiger partial charge in [-0.15, -0.1) is 0 Å². The topological polar surface area (TPSA) is 60.3 Å². The second-order valence-electron chi connectivity index (χ2n) is 5.52. The number of esters is 1. The predicted molar refractivity (Wildman–Crippen MR) is 88.4 cm³/mol. The van der Waals surface area contributed by atoms with E-state index in [0.717, 1.165) is 5.56 Å². The fourth-order valence-corrected chi connectivity index (χ4v) is 2.67. The van der Waals surface area contributed by atoms with Gasteiger partial charge in [0.25, 0.3) is 5.91 Å². The summed E-state index contributed by atoms with van der Waals surface area (Å²) in [6, 6.07) is 5.92. The molecule has 5 nitrogen and oxygen atoms in total. The van der Waals surface area contributed by atoms with Crippen LogP contribution in [-0.2, 0) is 18.3 Å². The number of carbonyl (C=O) groups excluding carboxylic acids is 2. The number of benzene rings is 1. The van der Waals surface area contributed by atoms with Gasteiger partial charge in [0.05, 0.1) is 12.2 Å². The van der Waals surface area contributed by atoms with Crippen LogP contribution in [0.1, 0.15) is 44.6 Å². The van der Waals surface area contributed by atoms with Gasteiger partial charge in [0.15, 0.2) is 0 Å². The Balaban J connectivity index is 2.21. The van der Waals surface area contributed by atoms with Crippen LogP contribution in [0.4, 0.5) is 4.39 Å². The summed E-state index contributed by atoms with van der Waals surface area (Å²) in [5.74, 6) is -1.04. The van der Waals surface area contributed by atoms with Gasteiger partial charge in [-0.2, -0.15) is 0 Å². The highest BCUT2D eigenvalue weighted by molar-refractivity contribution is 6.01. The van der Waals surface area contributed by atoms with Gasteiger partial charge < -0.3 is 14.6 Å². The molecule has 2 aromatic rings. The fourth-order valence-electron chi connectivity index (χ4n) is 2.67. The average molecular weight is 332 g/mol. The molecule has 24 heavy (non-hydrogen) atoms. The Kier molecular flexibility index (Phi) is 5.39. The van der Waals surface area contributed by atoms with Crippen molar-refractivity contribution < 1.29 is 18.7 Å². The molecule has 0 aliphatic heterocycles. The van der Waals surface area contributed by atoms with Crippen molar-refractivity contribution in [3.8, 4) is 0 Å². The Bertz CT molecular complexity index is 764. The third kappa shape index (κ3) is 3.48. The van der Waals surface area contributed by atoms with Gasteiger partial charge in [0.1, 0.15) is 11.5 Å². The second-order valence-corrected chi connectivity index (χ2v) is 5.52. The molecule has 0 saturated carbocycles. The molecule has 1 heterocycles. The Morgan fingerprint density at radius 3 is 2.42 bits per heavy atom. The number of nitrogens with zero attached hydrogens (tertiary/aromatic N) is 1. The molecule has 0 radical (unpaired) electrons. The smallest absolute Gasteiger partial charge is 0.355 e. The normalized spacial score (nSPS) is 10.5. The van der Waals surface area contributed by atoms with Gasteiger partial charge in [0.2, 0.25) is 0 Å². The van der Waals surface area contributed by atoms with Crippen LogP contribution in [0.3, 0.4) is 0 Å². The van der Waals surface area contributed by atoms with Crippen molar-refractivity contribution in [1.82, 2.24) is 9.88 Å². The summed E-state index contributed by atoms with van der Waals surface area (Å²) in [4.78, 5) is 24.6. The summed E-state index contributed by atoms with van der Waals surface area (Å²) >= 11 is 0. The number of ether oxygens (including phenoxy) is 1. The van der Waals surface area contributed by atoms with Crippen LogP contribution in [0.2, 0.25) is 0 Å². The largest absolute Gasteiger partial charge is 0.461 e. The second kappa shape index (κ2) is 7.29. The average Bonchev–Trinajstić information content (AvgIpc) is 2.76. The summed E-state index contributed by atoms with van der Waals surface area (Å²) in [7, 11) is 1.73. The minimum Gasteiger partial charge on any atom is -0.461 e. The number of amides is 1. The van der Waals surface area contributed by atoms with E-state index >= 15 is 0 Å². The lowest BCUT2D eigenvalue weighted by Gasteiger charge is -2.06. The molecule has 6 heteroatoms. The van der Waals surface area contributed by atoms with E-state index in [0.29, 0.717) is 22.5 Å². The molecule has 0 bridgehead atoms. The Hall–Kier alpha value is -2.63. The SMILES string of the molecule is CCOC(=O)c1c(C)c(C(=O)NCc2ccc(F)cc2)c(C)n1C. The molecule has 0 aliphatic rings.